The maximum Gasteiger partial charge on any atom is 0.231 e. The fourth-order valence-corrected chi connectivity index (χ4v) is 3.26. The van der Waals surface area contributed by atoms with Crippen LogP contribution in [0.1, 0.15) is 5.56 Å². The van der Waals surface area contributed by atoms with Gasteiger partial charge in [0, 0.05) is 29.9 Å². The third kappa shape index (κ3) is 3.20. The molecule has 0 saturated carbocycles. The number of ether oxygens (including phenoxy) is 2. The third-order valence-electron chi connectivity index (χ3n) is 4.67. The summed E-state index contributed by atoms with van der Waals surface area (Å²) in [4.78, 5) is 13.6. The van der Waals surface area contributed by atoms with Crippen molar-refractivity contribution in [2.45, 2.75) is 6.42 Å². The second kappa shape index (κ2) is 7.15. The van der Waals surface area contributed by atoms with E-state index in [2.05, 4.69) is 16.4 Å². The van der Waals surface area contributed by atoms with E-state index in [9.17, 15) is 0 Å². The first-order chi connectivity index (χ1) is 13.9. The summed E-state index contributed by atoms with van der Waals surface area (Å²) in [6, 6.07) is 17.9. The van der Waals surface area contributed by atoms with E-state index in [4.69, 9.17) is 19.4 Å². The fourth-order valence-electron chi connectivity index (χ4n) is 3.26. The predicted molar refractivity (Wildman–Crippen MR) is 108 cm³/mol. The lowest BCUT2D eigenvalue weighted by Crippen LogP contribution is -2.08. The average molecular weight is 370 g/mol. The highest BCUT2D eigenvalue weighted by molar-refractivity contribution is 5.90. The first-order valence-corrected chi connectivity index (χ1v) is 9.16. The van der Waals surface area contributed by atoms with Crippen LogP contribution in [0.25, 0.3) is 22.3 Å². The molecule has 0 unspecified atom stereocenters. The summed E-state index contributed by atoms with van der Waals surface area (Å²) in [6.45, 7) is 1.04. The Bertz CT molecular complexity index is 1130. The molecule has 0 aliphatic carbocycles. The Morgan fingerprint density at radius 2 is 1.86 bits per heavy atom. The van der Waals surface area contributed by atoms with Crippen LogP contribution in [0, 0.1) is 0 Å². The molecule has 4 aromatic rings. The van der Waals surface area contributed by atoms with Crippen LogP contribution >= 0.6 is 0 Å². The van der Waals surface area contributed by atoms with Crippen LogP contribution in [0.4, 0.5) is 5.82 Å². The molecule has 1 N–H and O–H groups in total. The summed E-state index contributed by atoms with van der Waals surface area (Å²) in [7, 11) is 0. The van der Waals surface area contributed by atoms with Crippen molar-refractivity contribution in [2.75, 3.05) is 18.7 Å². The van der Waals surface area contributed by atoms with Gasteiger partial charge >= 0.3 is 0 Å². The zero-order chi connectivity index (χ0) is 18.8. The van der Waals surface area contributed by atoms with Crippen molar-refractivity contribution in [2.24, 2.45) is 0 Å². The van der Waals surface area contributed by atoms with Crippen LogP contribution in [-0.2, 0) is 6.42 Å². The van der Waals surface area contributed by atoms with Gasteiger partial charge in [-0.2, -0.15) is 0 Å². The zero-order valence-corrected chi connectivity index (χ0v) is 15.1. The number of para-hydroxylation sites is 1. The Morgan fingerprint density at radius 3 is 2.79 bits per heavy atom. The Morgan fingerprint density at radius 1 is 0.929 bits per heavy atom. The van der Waals surface area contributed by atoms with E-state index in [0.29, 0.717) is 12.6 Å². The highest BCUT2D eigenvalue weighted by Crippen LogP contribution is 2.32. The number of benzene rings is 2. The number of nitrogens with zero attached hydrogens (tertiary/aromatic N) is 3. The van der Waals surface area contributed by atoms with Gasteiger partial charge in [0.15, 0.2) is 17.3 Å². The number of rotatable bonds is 5. The van der Waals surface area contributed by atoms with Crippen molar-refractivity contribution in [1.82, 2.24) is 15.0 Å². The molecule has 0 bridgehead atoms. The van der Waals surface area contributed by atoms with Crippen molar-refractivity contribution < 1.29 is 9.47 Å². The molecular weight excluding hydrogens is 352 g/mol. The molecule has 0 spiro atoms. The van der Waals surface area contributed by atoms with Crippen LogP contribution < -0.4 is 14.8 Å². The summed E-state index contributed by atoms with van der Waals surface area (Å²) >= 11 is 0. The topological polar surface area (TPSA) is 69.2 Å². The number of pyridine rings is 1. The van der Waals surface area contributed by atoms with Crippen molar-refractivity contribution in [1.29, 1.82) is 0 Å². The van der Waals surface area contributed by atoms with E-state index >= 15 is 0 Å². The second-order valence-corrected chi connectivity index (χ2v) is 6.52. The van der Waals surface area contributed by atoms with E-state index < -0.39 is 0 Å². The van der Waals surface area contributed by atoms with Gasteiger partial charge in [0.05, 0.1) is 5.52 Å². The van der Waals surface area contributed by atoms with Crippen LogP contribution in [0.5, 0.6) is 11.5 Å². The summed E-state index contributed by atoms with van der Waals surface area (Å²) in [5.41, 5.74) is 2.98. The number of nitrogens with one attached hydrogen (secondary N) is 1. The summed E-state index contributed by atoms with van der Waals surface area (Å²) in [6.07, 6.45) is 4.37. The molecule has 28 heavy (non-hydrogen) atoms. The van der Waals surface area contributed by atoms with E-state index in [1.165, 1.54) is 5.56 Å². The minimum absolute atomic E-state index is 0.293. The van der Waals surface area contributed by atoms with Crippen LogP contribution in [0.2, 0.25) is 0 Å². The maximum absolute atomic E-state index is 5.46. The molecule has 5 rings (SSSR count). The van der Waals surface area contributed by atoms with Gasteiger partial charge in [0.2, 0.25) is 6.79 Å². The Hall–Kier alpha value is -3.67. The van der Waals surface area contributed by atoms with Crippen molar-refractivity contribution >= 4 is 16.7 Å². The normalized spacial score (nSPS) is 12.3. The van der Waals surface area contributed by atoms with E-state index in [0.717, 1.165) is 46.7 Å². The van der Waals surface area contributed by atoms with Crippen molar-refractivity contribution in [3.05, 3.63) is 72.6 Å². The first kappa shape index (κ1) is 16.5. The molecule has 1 aliphatic rings. The van der Waals surface area contributed by atoms with Gasteiger partial charge in [-0.15, -0.1) is 0 Å². The molecule has 6 nitrogen and oxygen atoms in total. The monoisotopic (exact) mass is 370 g/mol. The van der Waals surface area contributed by atoms with E-state index in [1.807, 2.05) is 48.5 Å². The molecule has 2 aromatic heterocycles. The van der Waals surface area contributed by atoms with Crippen LogP contribution in [-0.4, -0.2) is 28.3 Å². The lowest BCUT2D eigenvalue weighted by molar-refractivity contribution is 0.174. The van der Waals surface area contributed by atoms with Gasteiger partial charge in [-0.25, -0.2) is 9.97 Å². The molecule has 3 heterocycles. The van der Waals surface area contributed by atoms with Gasteiger partial charge in [-0.1, -0.05) is 18.2 Å². The summed E-state index contributed by atoms with van der Waals surface area (Å²) < 4.78 is 10.8. The van der Waals surface area contributed by atoms with Crippen molar-refractivity contribution in [3.8, 4) is 22.9 Å². The molecule has 0 fully saturated rings. The minimum Gasteiger partial charge on any atom is -0.454 e. The van der Waals surface area contributed by atoms with Crippen LogP contribution in [0.3, 0.4) is 0 Å². The number of hydrogen-bond acceptors (Lipinski definition) is 6. The SMILES string of the molecule is c1cncc(-c2nc(NCCc3ccc4c(c3)OCO4)c3ccccc3n2)c1. The molecule has 0 atom stereocenters. The lowest BCUT2D eigenvalue weighted by Gasteiger charge is -2.11. The number of hydrogen-bond donors (Lipinski definition) is 1. The highest BCUT2D eigenvalue weighted by Gasteiger charge is 2.13. The maximum atomic E-state index is 5.46. The van der Waals surface area contributed by atoms with E-state index in [1.54, 1.807) is 12.4 Å². The highest BCUT2D eigenvalue weighted by atomic mass is 16.7. The first-order valence-electron chi connectivity index (χ1n) is 9.16. The Labute approximate surface area is 162 Å². The second-order valence-electron chi connectivity index (χ2n) is 6.52. The van der Waals surface area contributed by atoms with Crippen molar-refractivity contribution in [3.63, 3.8) is 0 Å². The number of anilines is 1. The van der Waals surface area contributed by atoms with Gasteiger partial charge in [-0.3, -0.25) is 4.98 Å². The summed E-state index contributed by atoms with van der Waals surface area (Å²) in [5, 5.41) is 4.47. The smallest absolute Gasteiger partial charge is 0.231 e. The number of aromatic nitrogens is 3. The molecular formula is C22H18N4O2. The van der Waals surface area contributed by atoms with Gasteiger partial charge in [0.25, 0.3) is 0 Å². The number of fused-ring (bicyclic) bond motifs is 2. The van der Waals surface area contributed by atoms with Gasteiger partial charge in [0.1, 0.15) is 5.82 Å². The molecule has 0 amide bonds. The zero-order valence-electron chi connectivity index (χ0n) is 15.1. The summed E-state index contributed by atoms with van der Waals surface area (Å²) in [5.74, 6) is 3.10. The standard InChI is InChI=1S/C22H18N4O2/c1-2-6-18-17(5-1)22(26-21(25-18)16-4-3-10-23-13-16)24-11-9-15-7-8-19-20(12-15)28-14-27-19/h1-8,10,12-13H,9,11,14H2,(H,24,25,26). The molecule has 0 saturated heterocycles. The van der Waals surface area contributed by atoms with E-state index in [-0.39, 0.29) is 0 Å². The van der Waals surface area contributed by atoms with Gasteiger partial charge < -0.3 is 14.8 Å². The Kier molecular flexibility index (Phi) is 4.21. The largest absolute Gasteiger partial charge is 0.454 e. The molecule has 1 aliphatic heterocycles. The van der Waals surface area contributed by atoms with Gasteiger partial charge in [-0.05, 0) is 48.4 Å². The molecule has 0 radical (unpaired) electrons. The predicted octanol–water partition coefficient (Wildman–Crippen LogP) is 4.08. The Balaban J connectivity index is 1.40. The minimum atomic E-state index is 0.293. The molecule has 2 aromatic carbocycles. The molecule has 6 heteroatoms. The quantitative estimate of drug-likeness (QED) is 0.571. The molecule has 138 valence electrons. The lowest BCUT2D eigenvalue weighted by atomic mass is 10.1. The third-order valence-corrected chi connectivity index (χ3v) is 4.67. The average Bonchev–Trinajstić information content (AvgIpc) is 3.22. The van der Waals surface area contributed by atoms with Crippen LogP contribution in [0.15, 0.2) is 67.0 Å². The fraction of sp³-hybridized carbons (Fsp3) is 0.136.